The summed E-state index contributed by atoms with van der Waals surface area (Å²) in [6, 6.07) is 16.6. The fraction of sp³-hybridized carbons (Fsp3) is 0.259. The first-order chi connectivity index (χ1) is 17.0. The van der Waals surface area contributed by atoms with Gasteiger partial charge in [0.05, 0.1) is 37.8 Å². The van der Waals surface area contributed by atoms with E-state index in [-0.39, 0.29) is 23.6 Å². The number of hydrogen-bond acceptors (Lipinski definition) is 7. The van der Waals surface area contributed by atoms with Gasteiger partial charge in [-0.2, -0.15) is 0 Å². The topological polar surface area (TPSA) is 88.5 Å². The van der Waals surface area contributed by atoms with Gasteiger partial charge in [0.2, 0.25) is 5.91 Å². The predicted molar refractivity (Wildman–Crippen MR) is 130 cm³/mol. The van der Waals surface area contributed by atoms with E-state index in [0.29, 0.717) is 18.9 Å². The van der Waals surface area contributed by atoms with Gasteiger partial charge in [0.25, 0.3) is 0 Å². The average molecular weight is 472 g/mol. The third kappa shape index (κ3) is 3.20. The Morgan fingerprint density at radius 1 is 1.09 bits per heavy atom. The number of anilines is 1. The molecule has 1 amide bonds. The van der Waals surface area contributed by atoms with E-state index in [0.717, 1.165) is 16.8 Å². The zero-order valence-corrected chi connectivity index (χ0v) is 19.6. The molecule has 0 radical (unpaired) electrons. The van der Waals surface area contributed by atoms with E-state index in [1.165, 1.54) is 14.2 Å². The number of carbonyl (C=O) groups is 3. The Kier molecular flexibility index (Phi) is 5.51. The van der Waals surface area contributed by atoms with Crippen molar-refractivity contribution in [3.8, 4) is 0 Å². The molecule has 3 aliphatic rings. The molecule has 178 valence electrons. The molecule has 5 rings (SSSR count). The number of methoxy groups -OCH3 is 2. The molecular formula is C27H25N3O5. The SMILES string of the molecule is C=CCN1c2ccccc2[C@]23CC(=O)N(Cc4ccccc4)C2=NC(C(=O)OC)=C(C(=O)OC)C13. The van der Waals surface area contributed by atoms with Gasteiger partial charge in [0, 0.05) is 18.7 Å². The first-order valence-corrected chi connectivity index (χ1v) is 11.3. The van der Waals surface area contributed by atoms with Crippen LogP contribution < -0.4 is 4.90 Å². The number of amidine groups is 1. The van der Waals surface area contributed by atoms with E-state index >= 15 is 0 Å². The first-order valence-electron chi connectivity index (χ1n) is 11.3. The molecule has 8 heteroatoms. The maximum Gasteiger partial charge on any atom is 0.357 e. The summed E-state index contributed by atoms with van der Waals surface area (Å²) >= 11 is 0. The lowest BCUT2D eigenvalue weighted by molar-refractivity contribution is -0.139. The Morgan fingerprint density at radius 3 is 2.46 bits per heavy atom. The summed E-state index contributed by atoms with van der Waals surface area (Å²) < 4.78 is 10.1. The van der Waals surface area contributed by atoms with Gasteiger partial charge in [-0.05, 0) is 17.2 Å². The third-order valence-corrected chi connectivity index (χ3v) is 6.90. The van der Waals surface area contributed by atoms with E-state index in [2.05, 4.69) is 6.58 Å². The number of nitrogens with zero attached hydrogens (tertiary/aromatic N) is 3. The summed E-state index contributed by atoms with van der Waals surface area (Å²) in [5, 5.41) is 0. The van der Waals surface area contributed by atoms with Crippen LogP contribution in [0.2, 0.25) is 0 Å². The second-order valence-corrected chi connectivity index (χ2v) is 8.66. The van der Waals surface area contributed by atoms with Crippen LogP contribution >= 0.6 is 0 Å². The van der Waals surface area contributed by atoms with Gasteiger partial charge in [0.1, 0.15) is 5.84 Å². The number of esters is 2. The van der Waals surface area contributed by atoms with Crippen LogP contribution in [0.1, 0.15) is 17.5 Å². The molecule has 3 aliphatic heterocycles. The standard InChI is InChI=1S/C27H25N3O5/c1-4-14-29-19-13-9-8-12-18(19)27-15-20(31)30(16-17-10-6-5-7-11-17)26(27)28-22(25(33)35-3)21(23(27)29)24(32)34-2/h4-13,23H,1,14-16H2,2-3H3/t23?,27-/m0/s1. The number of fused-ring (bicyclic) bond motifs is 1. The number of aliphatic imine (C=N–C) groups is 1. The summed E-state index contributed by atoms with van der Waals surface area (Å²) in [4.78, 5) is 48.0. The number of ether oxygens (including phenoxy) is 2. The van der Waals surface area contributed by atoms with Crippen LogP contribution in [0.25, 0.3) is 0 Å². The number of para-hydroxylation sites is 1. The molecule has 35 heavy (non-hydrogen) atoms. The summed E-state index contributed by atoms with van der Waals surface area (Å²) in [5.41, 5.74) is 1.62. The number of benzene rings is 2. The van der Waals surface area contributed by atoms with Crippen molar-refractivity contribution >= 4 is 29.4 Å². The lowest BCUT2D eigenvalue weighted by atomic mass is 9.70. The Labute approximate surface area is 203 Å². The lowest BCUT2D eigenvalue weighted by Gasteiger charge is -2.40. The smallest absolute Gasteiger partial charge is 0.357 e. The van der Waals surface area contributed by atoms with Gasteiger partial charge in [-0.1, -0.05) is 54.6 Å². The summed E-state index contributed by atoms with van der Waals surface area (Å²) in [6.45, 7) is 4.57. The van der Waals surface area contributed by atoms with Crippen LogP contribution in [0.3, 0.4) is 0 Å². The van der Waals surface area contributed by atoms with Crippen molar-refractivity contribution in [1.29, 1.82) is 0 Å². The Balaban J connectivity index is 1.80. The highest BCUT2D eigenvalue weighted by molar-refractivity contribution is 6.19. The van der Waals surface area contributed by atoms with Crippen molar-refractivity contribution in [1.82, 2.24) is 4.90 Å². The molecule has 2 aromatic rings. The second kappa shape index (κ2) is 8.54. The van der Waals surface area contributed by atoms with E-state index in [4.69, 9.17) is 14.5 Å². The highest BCUT2D eigenvalue weighted by atomic mass is 16.5. The summed E-state index contributed by atoms with van der Waals surface area (Å²) in [6.07, 6.45) is 1.83. The Morgan fingerprint density at radius 2 is 1.77 bits per heavy atom. The number of likely N-dealkylation sites (tertiary alicyclic amines) is 1. The molecule has 0 aliphatic carbocycles. The van der Waals surface area contributed by atoms with Crippen molar-refractivity contribution < 1.29 is 23.9 Å². The minimum atomic E-state index is -0.966. The van der Waals surface area contributed by atoms with Crippen LogP contribution in [-0.4, -0.2) is 55.4 Å². The Bertz CT molecular complexity index is 1300. The van der Waals surface area contributed by atoms with E-state index in [1.807, 2.05) is 59.5 Å². The van der Waals surface area contributed by atoms with Gasteiger partial charge < -0.3 is 14.4 Å². The highest BCUT2D eigenvalue weighted by Crippen LogP contribution is 2.56. The van der Waals surface area contributed by atoms with Gasteiger partial charge >= 0.3 is 11.9 Å². The first kappa shape index (κ1) is 22.6. The molecule has 0 aromatic heterocycles. The fourth-order valence-corrected chi connectivity index (χ4v) is 5.56. The molecule has 0 N–H and O–H groups in total. The molecule has 3 heterocycles. The molecule has 8 nitrogen and oxygen atoms in total. The highest BCUT2D eigenvalue weighted by Gasteiger charge is 2.65. The van der Waals surface area contributed by atoms with Crippen molar-refractivity contribution in [3.63, 3.8) is 0 Å². The number of amides is 1. The van der Waals surface area contributed by atoms with Crippen LogP contribution in [0.5, 0.6) is 0 Å². The van der Waals surface area contributed by atoms with Crippen LogP contribution in [-0.2, 0) is 35.8 Å². The minimum Gasteiger partial charge on any atom is -0.466 e. The molecular weight excluding hydrogens is 446 g/mol. The van der Waals surface area contributed by atoms with Gasteiger partial charge in [-0.25, -0.2) is 14.6 Å². The van der Waals surface area contributed by atoms with Crippen molar-refractivity contribution in [3.05, 3.63) is 89.6 Å². The monoisotopic (exact) mass is 471 g/mol. The second-order valence-electron chi connectivity index (χ2n) is 8.66. The van der Waals surface area contributed by atoms with E-state index in [9.17, 15) is 14.4 Å². The van der Waals surface area contributed by atoms with Gasteiger partial charge in [-0.3, -0.25) is 9.69 Å². The van der Waals surface area contributed by atoms with Gasteiger partial charge in [-0.15, -0.1) is 6.58 Å². The largest absolute Gasteiger partial charge is 0.466 e. The third-order valence-electron chi connectivity index (χ3n) is 6.90. The normalized spacial score (nSPS) is 22.3. The average Bonchev–Trinajstić information content (AvgIpc) is 3.32. The van der Waals surface area contributed by atoms with Crippen LogP contribution in [0, 0.1) is 0 Å². The van der Waals surface area contributed by atoms with Gasteiger partial charge in [0.15, 0.2) is 5.70 Å². The number of hydrogen-bond donors (Lipinski definition) is 0. The van der Waals surface area contributed by atoms with Crippen LogP contribution in [0.15, 0.2) is 83.5 Å². The Hall–Kier alpha value is -4.20. The molecule has 1 spiro atoms. The summed E-state index contributed by atoms with van der Waals surface area (Å²) in [7, 11) is 2.50. The molecule has 1 unspecified atom stereocenters. The minimum absolute atomic E-state index is 0.0792. The van der Waals surface area contributed by atoms with E-state index < -0.39 is 23.4 Å². The quantitative estimate of drug-likeness (QED) is 0.476. The zero-order valence-electron chi connectivity index (χ0n) is 19.6. The fourth-order valence-electron chi connectivity index (χ4n) is 5.56. The predicted octanol–water partition coefficient (Wildman–Crippen LogP) is 2.74. The van der Waals surface area contributed by atoms with Crippen molar-refractivity contribution in [2.75, 3.05) is 25.7 Å². The van der Waals surface area contributed by atoms with Crippen molar-refractivity contribution in [2.45, 2.75) is 24.4 Å². The molecule has 1 saturated heterocycles. The van der Waals surface area contributed by atoms with Crippen molar-refractivity contribution in [2.24, 2.45) is 4.99 Å². The lowest BCUT2D eigenvalue weighted by Crippen LogP contribution is -2.55. The summed E-state index contributed by atoms with van der Waals surface area (Å²) in [5.74, 6) is -1.15. The molecule has 2 aromatic carbocycles. The maximum atomic E-state index is 13.6. The molecule has 0 bridgehead atoms. The maximum absolute atomic E-state index is 13.6. The molecule has 2 atom stereocenters. The number of rotatable bonds is 6. The zero-order chi connectivity index (χ0) is 24.7. The van der Waals surface area contributed by atoms with E-state index in [1.54, 1.807) is 11.0 Å². The molecule has 0 saturated carbocycles. The number of carbonyl (C=O) groups excluding carboxylic acids is 3. The van der Waals surface area contributed by atoms with Crippen LogP contribution in [0.4, 0.5) is 5.69 Å². The molecule has 1 fully saturated rings.